The molecule has 4 unspecified atom stereocenters. The molecule has 0 amide bonds. The molecule has 2 fully saturated rings. The first-order chi connectivity index (χ1) is 8.65. The zero-order valence-electron chi connectivity index (χ0n) is 12.7. The first kappa shape index (κ1) is 14.3. The van der Waals surface area contributed by atoms with E-state index in [4.69, 9.17) is 0 Å². The van der Waals surface area contributed by atoms with E-state index in [2.05, 4.69) is 43.1 Å². The molecule has 2 bridgehead atoms. The SMILES string of the molecule is CCC(C)C(CN1CCC2CCC(C1)N2C)NC. The summed E-state index contributed by atoms with van der Waals surface area (Å²) >= 11 is 0. The minimum atomic E-state index is 0.650. The third kappa shape index (κ3) is 3.06. The summed E-state index contributed by atoms with van der Waals surface area (Å²) in [4.78, 5) is 5.34. The fourth-order valence-electron chi connectivity index (χ4n) is 3.66. The van der Waals surface area contributed by atoms with E-state index in [1.165, 1.54) is 45.3 Å². The van der Waals surface area contributed by atoms with Crippen molar-refractivity contribution in [2.24, 2.45) is 5.92 Å². The number of nitrogens with zero attached hydrogens (tertiary/aromatic N) is 2. The molecule has 4 atom stereocenters. The van der Waals surface area contributed by atoms with Crippen molar-refractivity contribution in [3.05, 3.63) is 0 Å². The van der Waals surface area contributed by atoms with E-state index in [-0.39, 0.29) is 0 Å². The first-order valence-electron chi connectivity index (χ1n) is 7.77. The number of likely N-dealkylation sites (tertiary alicyclic amines) is 1. The molecule has 2 heterocycles. The molecule has 3 nitrogen and oxygen atoms in total. The lowest BCUT2D eigenvalue weighted by atomic mass is 9.98. The number of rotatable bonds is 5. The maximum absolute atomic E-state index is 3.52. The summed E-state index contributed by atoms with van der Waals surface area (Å²) < 4.78 is 0. The van der Waals surface area contributed by atoms with Crippen molar-refractivity contribution in [3.8, 4) is 0 Å². The van der Waals surface area contributed by atoms with E-state index in [0.717, 1.165) is 18.0 Å². The highest BCUT2D eigenvalue weighted by Gasteiger charge is 2.35. The molecule has 0 spiro atoms. The van der Waals surface area contributed by atoms with Gasteiger partial charge in [-0.15, -0.1) is 0 Å². The van der Waals surface area contributed by atoms with Crippen molar-refractivity contribution < 1.29 is 0 Å². The quantitative estimate of drug-likeness (QED) is 0.806. The largest absolute Gasteiger partial charge is 0.315 e. The molecule has 18 heavy (non-hydrogen) atoms. The maximum Gasteiger partial charge on any atom is 0.0223 e. The minimum absolute atomic E-state index is 0.650. The van der Waals surface area contributed by atoms with Crippen LogP contribution in [0.15, 0.2) is 0 Å². The second-order valence-electron chi connectivity index (χ2n) is 6.38. The number of hydrogen-bond donors (Lipinski definition) is 1. The molecule has 0 aliphatic carbocycles. The Bertz CT molecular complexity index is 256. The summed E-state index contributed by atoms with van der Waals surface area (Å²) in [7, 11) is 4.45. The Morgan fingerprint density at radius 2 is 1.94 bits per heavy atom. The Labute approximate surface area is 113 Å². The molecule has 106 valence electrons. The fourth-order valence-corrected chi connectivity index (χ4v) is 3.66. The third-order valence-corrected chi connectivity index (χ3v) is 5.39. The smallest absolute Gasteiger partial charge is 0.0223 e. The van der Waals surface area contributed by atoms with Crippen LogP contribution in [-0.2, 0) is 0 Å². The van der Waals surface area contributed by atoms with Gasteiger partial charge in [0.1, 0.15) is 0 Å². The number of likely N-dealkylation sites (N-methyl/N-ethyl adjacent to an activating group) is 2. The van der Waals surface area contributed by atoms with Gasteiger partial charge in [0, 0.05) is 31.2 Å². The van der Waals surface area contributed by atoms with Gasteiger partial charge in [-0.25, -0.2) is 0 Å². The van der Waals surface area contributed by atoms with Crippen LogP contribution in [0.3, 0.4) is 0 Å². The van der Waals surface area contributed by atoms with Crippen LogP contribution in [0.4, 0.5) is 0 Å². The zero-order valence-corrected chi connectivity index (χ0v) is 12.7. The molecule has 0 aromatic heterocycles. The molecule has 0 saturated carbocycles. The maximum atomic E-state index is 3.52. The predicted octanol–water partition coefficient (Wildman–Crippen LogP) is 1.79. The van der Waals surface area contributed by atoms with Gasteiger partial charge in [0.25, 0.3) is 0 Å². The Morgan fingerprint density at radius 1 is 1.22 bits per heavy atom. The summed E-state index contributed by atoms with van der Waals surface area (Å²) in [5, 5.41) is 3.52. The molecular weight excluding hydrogens is 222 g/mol. The first-order valence-corrected chi connectivity index (χ1v) is 7.77. The van der Waals surface area contributed by atoms with Crippen LogP contribution in [0.2, 0.25) is 0 Å². The van der Waals surface area contributed by atoms with E-state index in [9.17, 15) is 0 Å². The number of nitrogens with one attached hydrogen (secondary N) is 1. The van der Waals surface area contributed by atoms with Gasteiger partial charge < -0.3 is 10.2 Å². The third-order valence-electron chi connectivity index (χ3n) is 5.39. The van der Waals surface area contributed by atoms with Crippen LogP contribution in [0, 0.1) is 5.92 Å². The minimum Gasteiger partial charge on any atom is -0.315 e. The molecule has 1 N–H and O–H groups in total. The Balaban J connectivity index is 1.90. The van der Waals surface area contributed by atoms with Crippen LogP contribution in [-0.4, -0.2) is 61.7 Å². The standard InChI is InChI=1S/C15H31N3/c1-5-12(2)15(16-3)11-18-9-8-13-6-7-14(10-18)17(13)4/h12-16H,5-11H2,1-4H3. The Hall–Kier alpha value is -0.120. The van der Waals surface area contributed by atoms with Gasteiger partial charge >= 0.3 is 0 Å². The number of fused-ring (bicyclic) bond motifs is 2. The highest BCUT2D eigenvalue weighted by atomic mass is 15.3. The summed E-state index contributed by atoms with van der Waals surface area (Å²) in [6, 6.07) is 2.32. The van der Waals surface area contributed by atoms with E-state index < -0.39 is 0 Å². The van der Waals surface area contributed by atoms with E-state index in [1.807, 2.05) is 0 Å². The highest BCUT2D eigenvalue weighted by Crippen LogP contribution is 2.28. The molecule has 2 rings (SSSR count). The molecule has 2 aliphatic rings. The van der Waals surface area contributed by atoms with E-state index in [1.54, 1.807) is 0 Å². The van der Waals surface area contributed by atoms with Gasteiger partial charge in [0.15, 0.2) is 0 Å². The molecule has 2 aliphatic heterocycles. The van der Waals surface area contributed by atoms with Gasteiger partial charge in [-0.3, -0.25) is 4.90 Å². The lowest BCUT2D eigenvalue weighted by Crippen LogP contribution is -2.46. The van der Waals surface area contributed by atoms with Crippen LogP contribution in [0.1, 0.15) is 39.5 Å². The van der Waals surface area contributed by atoms with E-state index >= 15 is 0 Å². The number of hydrogen-bond acceptors (Lipinski definition) is 3. The van der Waals surface area contributed by atoms with Crippen LogP contribution in [0.25, 0.3) is 0 Å². The average molecular weight is 253 g/mol. The van der Waals surface area contributed by atoms with Crippen LogP contribution in [0.5, 0.6) is 0 Å². The molecule has 2 saturated heterocycles. The molecule has 3 heteroatoms. The topological polar surface area (TPSA) is 18.5 Å². The van der Waals surface area contributed by atoms with Crippen LogP contribution >= 0.6 is 0 Å². The molecule has 0 aromatic rings. The zero-order chi connectivity index (χ0) is 13.1. The Morgan fingerprint density at radius 3 is 2.61 bits per heavy atom. The van der Waals surface area contributed by atoms with Crippen LogP contribution < -0.4 is 5.32 Å². The van der Waals surface area contributed by atoms with Gasteiger partial charge in [-0.1, -0.05) is 20.3 Å². The molecular formula is C15H31N3. The van der Waals surface area contributed by atoms with Crippen molar-refractivity contribution in [2.45, 2.75) is 57.7 Å². The van der Waals surface area contributed by atoms with Crippen molar-refractivity contribution in [1.82, 2.24) is 15.1 Å². The normalized spacial score (nSPS) is 33.3. The van der Waals surface area contributed by atoms with Crippen molar-refractivity contribution >= 4 is 0 Å². The lowest BCUT2D eigenvalue weighted by Gasteiger charge is -2.31. The summed E-state index contributed by atoms with van der Waals surface area (Å²) in [5.74, 6) is 0.771. The van der Waals surface area contributed by atoms with Crippen molar-refractivity contribution in [2.75, 3.05) is 33.7 Å². The van der Waals surface area contributed by atoms with Gasteiger partial charge in [-0.2, -0.15) is 0 Å². The predicted molar refractivity (Wildman–Crippen MR) is 77.9 cm³/mol. The molecule has 0 radical (unpaired) electrons. The summed E-state index contributed by atoms with van der Waals surface area (Å²) in [6.07, 6.45) is 5.47. The highest BCUT2D eigenvalue weighted by molar-refractivity contribution is 4.92. The average Bonchev–Trinajstić information content (AvgIpc) is 2.62. The van der Waals surface area contributed by atoms with Gasteiger partial charge in [0.2, 0.25) is 0 Å². The molecule has 0 aromatic carbocycles. The van der Waals surface area contributed by atoms with E-state index in [0.29, 0.717) is 6.04 Å². The fraction of sp³-hybridized carbons (Fsp3) is 1.00. The monoisotopic (exact) mass is 253 g/mol. The Kier molecular flexibility index (Phi) is 5.05. The summed E-state index contributed by atoms with van der Waals surface area (Å²) in [6.45, 7) is 8.47. The second-order valence-corrected chi connectivity index (χ2v) is 6.38. The van der Waals surface area contributed by atoms with Gasteiger partial charge in [-0.05, 0) is 45.8 Å². The van der Waals surface area contributed by atoms with Crippen molar-refractivity contribution in [3.63, 3.8) is 0 Å². The van der Waals surface area contributed by atoms with Crippen molar-refractivity contribution in [1.29, 1.82) is 0 Å². The second kappa shape index (κ2) is 6.36. The lowest BCUT2D eigenvalue weighted by molar-refractivity contribution is 0.190. The summed E-state index contributed by atoms with van der Waals surface area (Å²) in [5.41, 5.74) is 0. The van der Waals surface area contributed by atoms with Gasteiger partial charge in [0.05, 0.1) is 0 Å².